The van der Waals surface area contributed by atoms with E-state index in [0.717, 1.165) is 10.6 Å². The Labute approximate surface area is 140 Å². The number of nitrogens with one attached hydrogen (secondary N) is 1. The zero-order valence-corrected chi connectivity index (χ0v) is 14.4. The van der Waals surface area contributed by atoms with Gasteiger partial charge in [0, 0.05) is 17.0 Å². The summed E-state index contributed by atoms with van der Waals surface area (Å²) in [5.41, 5.74) is 1.38. The molecule has 1 unspecified atom stereocenters. The maximum atomic E-state index is 13.7. The van der Waals surface area contributed by atoms with E-state index >= 15 is 0 Å². The molecule has 0 fully saturated rings. The molecule has 2 aromatic rings. The number of nitrogens with zero attached hydrogens (tertiary/aromatic N) is 1. The van der Waals surface area contributed by atoms with Crippen LogP contribution < -0.4 is 5.32 Å². The Hall–Kier alpha value is -1.85. The standard InChI is InChI=1S/C18H21FN2OS/c1-13(21(2)12-14-8-4-5-9-15(14)19)18(22)20-16-10-6-7-11-17(16)23-3/h4-11,13H,12H2,1-3H3,(H,20,22). The highest BCUT2D eigenvalue weighted by molar-refractivity contribution is 7.98. The van der Waals surface area contributed by atoms with Gasteiger partial charge in [-0.1, -0.05) is 30.3 Å². The second-order valence-electron chi connectivity index (χ2n) is 5.37. The van der Waals surface area contributed by atoms with Crippen LogP contribution in [-0.2, 0) is 11.3 Å². The number of benzene rings is 2. The third kappa shape index (κ3) is 4.56. The highest BCUT2D eigenvalue weighted by Crippen LogP contribution is 2.25. The van der Waals surface area contributed by atoms with Gasteiger partial charge in [-0.05, 0) is 38.4 Å². The van der Waals surface area contributed by atoms with Gasteiger partial charge in [0.25, 0.3) is 0 Å². The smallest absolute Gasteiger partial charge is 0.241 e. The average Bonchev–Trinajstić information content (AvgIpc) is 2.56. The van der Waals surface area contributed by atoms with Crippen molar-refractivity contribution < 1.29 is 9.18 Å². The molecule has 5 heteroatoms. The lowest BCUT2D eigenvalue weighted by Crippen LogP contribution is -2.39. The van der Waals surface area contributed by atoms with E-state index < -0.39 is 0 Å². The zero-order valence-electron chi connectivity index (χ0n) is 13.5. The molecule has 0 aliphatic rings. The third-order valence-corrected chi connectivity index (χ3v) is 4.58. The number of hydrogen-bond acceptors (Lipinski definition) is 3. The fourth-order valence-corrected chi connectivity index (χ4v) is 2.77. The minimum atomic E-state index is -0.371. The van der Waals surface area contributed by atoms with Gasteiger partial charge in [-0.25, -0.2) is 4.39 Å². The highest BCUT2D eigenvalue weighted by Gasteiger charge is 2.20. The molecule has 0 bridgehead atoms. The second-order valence-corrected chi connectivity index (χ2v) is 6.22. The molecule has 0 aliphatic carbocycles. The number of rotatable bonds is 6. The molecule has 1 amide bonds. The monoisotopic (exact) mass is 332 g/mol. The van der Waals surface area contributed by atoms with E-state index in [0.29, 0.717) is 12.1 Å². The lowest BCUT2D eigenvalue weighted by molar-refractivity contribution is -0.120. The van der Waals surface area contributed by atoms with Gasteiger partial charge in [0.05, 0.1) is 11.7 Å². The van der Waals surface area contributed by atoms with Crippen molar-refractivity contribution in [1.29, 1.82) is 0 Å². The number of hydrogen-bond donors (Lipinski definition) is 1. The molecule has 0 heterocycles. The molecular formula is C18H21FN2OS. The van der Waals surface area contributed by atoms with E-state index in [1.807, 2.05) is 49.4 Å². The van der Waals surface area contributed by atoms with Crippen molar-refractivity contribution in [3.05, 3.63) is 59.9 Å². The van der Waals surface area contributed by atoms with Gasteiger partial charge >= 0.3 is 0 Å². The summed E-state index contributed by atoms with van der Waals surface area (Å²) in [4.78, 5) is 15.3. The Morgan fingerprint density at radius 1 is 1.22 bits per heavy atom. The van der Waals surface area contributed by atoms with Crippen LogP contribution in [0.15, 0.2) is 53.4 Å². The van der Waals surface area contributed by atoms with Crippen molar-refractivity contribution in [3.63, 3.8) is 0 Å². The number of halogens is 1. The summed E-state index contributed by atoms with van der Waals surface area (Å²) < 4.78 is 13.7. The maximum absolute atomic E-state index is 13.7. The van der Waals surface area contributed by atoms with E-state index in [4.69, 9.17) is 0 Å². The topological polar surface area (TPSA) is 32.3 Å². The summed E-state index contributed by atoms with van der Waals surface area (Å²) in [5.74, 6) is -0.356. The van der Waals surface area contributed by atoms with Gasteiger partial charge in [-0.2, -0.15) is 0 Å². The number of thioether (sulfide) groups is 1. The van der Waals surface area contributed by atoms with Gasteiger partial charge in [0.1, 0.15) is 5.82 Å². The summed E-state index contributed by atoms with van der Waals surface area (Å²) in [6.45, 7) is 2.20. The van der Waals surface area contributed by atoms with Gasteiger partial charge in [0.2, 0.25) is 5.91 Å². The van der Waals surface area contributed by atoms with Crippen LogP contribution in [0.3, 0.4) is 0 Å². The summed E-state index contributed by atoms with van der Waals surface area (Å²) >= 11 is 1.58. The van der Waals surface area contributed by atoms with Crippen molar-refractivity contribution in [2.75, 3.05) is 18.6 Å². The lowest BCUT2D eigenvalue weighted by atomic mass is 10.1. The van der Waals surface area contributed by atoms with Crippen LogP contribution >= 0.6 is 11.8 Å². The fraction of sp³-hybridized carbons (Fsp3) is 0.278. The van der Waals surface area contributed by atoms with E-state index in [-0.39, 0.29) is 17.8 Å². The largest absolute Gasteiger partial charge is 0.324 e. The second kappa shape index (κ2) is 8.13. The molecule has 0 saturated heterocycles. The highest BCUT2D eigenvalue weighted by atomic mass is 32.2. The summed E-state index contributed by atoms with van der Waals surface area (Å²) in [6.07, 6.45) is 1.97. The molecule has 0 saturated carbocycles. The van der Waals surface area contributed by atoms with Crippen molar-refractivity contribution in [2.24, 2.45) is 0 Å². The van der Waals surface area contributed by atoms with Gasteiger partial charge in [-0.15, -0.1) is 11.8 Å². The van der Waals surface area contributed by atoms with Crippen molar-refractivity contribution >= 4 is 23.4 Å². The molecule has 122 valence electrons. The molecule has 2 aromatic carbocycles. The molecule has 23 heavy (non-hydrogen) atoms. The van der Waals surface area contributed by atoms with Crippen LogP contribution in [0.2, 0.25) is 0 Å². The van der Waals surface area contributed by atoms with Gasteiger partial charge in [0.15, 0.2) is 0 Å². The predicted molar refractivity (Wildman–Crippen MR) is 94.2 cm³/mol. The maximum Gasteiger partial charge on any atom is 0.241 e. The third-order valence-electron chi connectivity index (χ3n) is 3.78. The van der Waals surface area contributed by atoms with Crippen LogP contribution in [0.5, 0.6) is 0 Å². The van der Waals surface area contributed by atoms with Crippen molar-refractivity contribution in [1.82, 2.24) is 4.90 Å². The summed E-state index contributed by atoms with van der Waals surface area (Å²) in [5, 5.41) is 2.95. The molecule has 0 aromatic heterocycles. The first-order valence-corrected chi connectivity index (χ1v) is 8.63. The molecule has 0 aliphatic heterocycles. The average molecular weight is 332 g/mol. The molecule has 1 N–H and O–H groups in total. The van der Waals surface area contributed by atoms with Gasteiger partial charge in [-0.3, -0.25) is 9.69 Å². The zero-order chi connectivity index (χ0) is 16.8. The van der Waals surface area contributed by atoms with Gasteiger partial charge < -0.3 is 5.32 Å². The molecule has 0 radical (unpaired) electrons. The Balaban J connectivity index is 2.03. The number of amides is 1. The van der Waals surface area contributed by atoms with Crippen LogP contribution in [0.4, 0.5) is 10.1 Å². The Kier molecular flexibility index (Phi) is 6.19. The minimum Gasteiger partial charge on any atom is -0.324 e. The number of likely N-dealkylation sites (N-methyl/N-ethyl adjacent to an activating group) is 1. The molecule has 3 nitrogen and oxygen atoms in total. The van der Waals surface area contributed by atoms with E-state index in [2.05, 4.69) is 5.32 Å². The van der Waals surface area contributed by atoms with E-state index in [1.54, 1.807) is 30.0 Å². The Bertz CT molecular complexity index is 678. The van der Waals surface area contributed by atoms with E-state index in [9.17, 15) is 9.18 Å². The van der Waals surface area contributed by atoms with Crippen LogP contribution in [0.1, 0.15) is 12.5 Å². The Morgan fingerprint density at radius 3 is 2.57 bits per heavy atom. The van der Waals surface area contributed by atoms with Crippen LogP contribution in [0, 0.1) is 5.82 Å². The van der Waals surface area contributed by atoms with Crippen molar-refractivity contribution in [3.8, 4) is 0 Å². The quantitative estimate of drug-likeness (QED) is 0.811. The Morgan fingerprint density at radius 2 is 1.87 bits per heavy atom. The summed E-state index contributed by atoms with van der Waals surface area (Å²) in [7, 11) is 1.82. The molecule has 1 atom stereocenters. The number of anilines is 1. The number of para-hydroxylation sites is 1. The SMILES string of the molecule is CSc1ccccc1NC(=O)C(C)N(C)Cc1ccccc1F. The molecule has 2 rings (SSSR count). The first-order chi connectivity index (χ1) is 11.0. The van der Waals surface area contributed by atoms with Crippen LogP contribution in [-0.4, -0.2) is 30.2 Å². The number of carbonyl (C=O) groups excluding carboxylic acids is 1. The predicted octanol–water partition coefficient (Wildman–Crippen LogP) is 4.01. The first kappa shape index (κ1) is 17.5. The first-order valence-electron chi connectivity index (χ1n) is 7.40. The summed E-state index contributed by atoms with van der Waals surface area (Å²) in [6, 6.07) is 13.9. The molecular weight excluding hydrogens is 311 g/mol. The molecule has 0 spiro atoms. The van der Waals surface area contributed by atoms with Crippen molar-refractivity contribution in [2.45, 2.75) is 24.4 Å². The van der Waals surface area contributed by atoms with Crippen LogP contribution in [0.25, 0.3) is 0 Å². The minimum absolute atomic E-state index is 0.106. The number of carbonyl (C=O) groups is 1. The normalized spacial score (nSPS) is 12.2. The van der Waals surface area contributed by atoms with E-state index in [1.165, 1.54) is 6.07 Å². The fourth-order valence-electron chi connectivity index (χ4n) is 2.22. The lowest BCUT2D eigenvalue weighted by Gasteiger charge is -2.24.